The average Bonchev–Trinajstić information content (AvgIpc) is 2.68. The summed E-state index contributed by atoms with van der Waals surface area (Å²) in [5.74, 6) is -0.878. The molecule has 2 N–H and O–H groups in total. The number of amides is 2. The Morgan fingerprint density at radius 1 is 1.07 bits per heavy atom. The predicted molar refractivity (Wildman–Crippen MR) is 112 cm³/mol. The van der Waals surface area contributed by atoms with Gasteiger partial charge in [0, 0.05) is 17.8 Å². The minimum Gasteiger partial charge on any atom is -0.453 e. The lowest BCUT2D eigenvalue weighted by Gasteiger charge is -2.13. The number of anilines is 1. The van der Waals surface area contributed by atoms with Gasteiger partial charge in [-0.3, -0.25) is 4.79 Å². The number of nitrogens with one attached hydrogen (secondary N) is 2. The number of rotatable bonds is 7. The third-order valence-electron chi connectivity index (χ3n) is 4.50. The number of carbonyl (C=O) groups excluding carboxylic acids is 2. The van der Waals surface area contributed by atoms with E-state index in [0.29, 0.717) is 5.69 Å². The maximum atomic E-state index is 12.7. The third kappa shape index (κ3) is 6.32. The lowest BCUT2D eigenvalue weighted by Crippen LogP contribution is -2.31. The van der Waals surface area contributed by atoms with Gasteiger partial charge in [0.05, 0.1) is 17.8 Å². The van der Waals surface area contributed by atoms with Crippen molar-refractivity contribution in [3.8, 4) is 0 Å². The van der Waals surface area contributed by atoms with Gasteiger partial charge in [-0.05, 0) is 61.2 Å². The van der Waals surface area contributed by atoms with Crippen molar-refractivity contribution in [1.29, 1.82) is 0 Å². The molecule has 0 aliphatic heterocycles. The van der Waals surface area contributed by atoms with Crippen molar-refractivity contribution in [1.82, 2.24) is 5.32 Å². The van der Waals surface area contributed by atoms with Crippen molar-refractivity contribution >= 4 is 27.5 Å². The lowest BCUT2D eigenvalue weighted by molar-refractivity contribution is 0.102. The van der Waals surface area contributed by atoms with Crippen LogP contribution in [0.3, 0.4) is 0 Å². The molecule has 8 heteroatoms. The van der Waals surface area contributed by atoms with E-state index < -0.39 is 15.9 Å². The molecule has 0 saturated carbocycles. The largest absolute Gasteiger partial charge is 0.453 e. The van der Waals surface area contributed by atoms with E-state index in [1.165, 1.54) is 19.2 Å². The van der Waals surface area contributed by atoms with Crippen LogP contribution in [0.1, 0.15) is 28.4 Å². The van der Waals surface area contributed by atoms with E-state index in [1.807, 2.05) is 26.0 Å². The van der Waals surface area contributed by atoms with E-state index in [4.69, 9.17) is 0 Å². The smallest absolute Gasteiger partial charge is 0.406 e. The number of ether oxygens (including phenoxy) is 1. The quantitative estimate of drug-likeness (QED) is 0.718. The molecule has 1 unspecified atom stereocenters. The first-order valence-electron chi connectivity index (χ1n) is 9.15. The zero-order valence-corrected chi connectivity index (χ0v) is 17.8. The summed E-state index contributed by atoms with van der Waals surface area (Å²) in [4.78, 5) is 23.8. The van der Waals surface area contributed by atoms with Gasteiger partial charge < -0.3 is 15.4 Å². The van der Waals surface area contributed by atoms with Gasteiger partial charge in [0.25, 0.3) is 5.91 Å². The lowest BCUT2D eigenvalue weighted by atomic mass is 10.1. The molecule has 0 spiro atoms. The van der Waals surface area contributed by atoms with E-state index in [-0.39, 0.29) is 34.6 Å². The zero-order valence-electron chi connectivity index (χ0n) is 17.0. The normalized spacial score (nSPS) is 12.1. The van der Waals surface area contributed by atoms with Crippen LogP contribution in [0.15, 0.2) is 47.4 Å². The molecule has 0 saturated heterocycles. The highest BCUT2D eigenvalue weighted by atomic mass is 32.2. The van der Waals surface area contributed by atoms with Gasteiger partial charge in [-0.15, -0.1) is 0 Å². The van der Waals surface area contributed by atoms with Gasteiger partial charge in [-0.25, -0.2) is 13.2 Å². The number of benzene rings is 2. The van der Waals surface area contributed by atoms with Crippen LogP contribution in [0.25, 0.3) is 0 Å². The SMILES string of the molecule is COC(=O)NCC(C)CS(=O)(=O)c1cccc(C(=O)Nc2ccc(C)c(C)c2)c1. The van der Waals surface area contributed by atoms with E-state index >= 15 is 0 Å². The molecule has 1 atom stereocenters. The second-order valence-corrected chi connectivity index (χ2v) is 9.07. The summed E-state index contributed by atoms with van der Waals surface area (Å²) in [5.41, 5.74) is 3.07. The molecular weight excluding hydrogens is 392 g/mol. The van der Waals surface area contributed by atoms with Crippen LogP contribution < -0.4 is 10.6 Å². The summed E-state index contributed by atoms with van der Waals surface area (Å²) >= 11 is 0. The number of alkyl carbamates (subject to hydrolysis) is 1. The highest BCUT2D eigenvalue weighted by Gasteiger charge is 2.20. The first kappa shape index (κ1) is 22.4. The van der Waals surface area contributed by atoms with E-state index in [2.05, 4.69) is 15.4 Å². The van der Waals surface area contributed by atoms with Gasteiger partial charge in [0.1, 0.15) is 0 Å². The third-order valence-corrected chi connectivity index (χ3v) is 6.48. The first-order valence-corrected chi connectivity index (χ1v) is 10.8. The van der Waals surface area contributed by atoms with Gasteiger partial charge in [0.2, 0.25) is 0 Å². The molecule has 0 aliphatic rings. The summed E-state index contributed by atoms with van der Waals surface area (Å²) in [7, 11) is -2.39. The standard InChI is InChI=1S/C21H26N2O5S/c1-14(12-22-21(25)28-4)13-29(26,27)19-7-5-6-17(11-19)20(24)23-18-9-8-15(2)16(3)10-18/h5-11,14H,12-13H2,1-4H3,(H,22,25)(H,23,24). The maximum absolute atomic E-state index is 12.7. The summed E-state index contributed by atoms with van der Waals surface area (Å²) in [6, 6.07) is 11.5. The second-order valence-electron chi connectivity index (χ2n) is 7.04. The summed E-state index contributed by atoms with van der Waals surface area (Å²) in [5, 5.41) is 5.27. The van der Waals surface area contributed by atoms with Gasteiger partial charge in [0.15, 0.2) is 9.84 Å². The van der Waals surface area contributed by atoms with E-state index in [0.717, 1.165) is 11.1 Å². The van der Waals surface area contributed by atoms with Crippen LogP contribution in [-0.4, -0.2) is 39.8 Å². The Balaban J connectivity index is 2.11. The topological polar surface area (TPSA) is 102 Å². The molecule has 0 fully saturated rings. The monoisotopic (exact) mass is 418 g/mol. The molecule has 2 amide bonds. The molecule has 2 aromatic carbocycles. The number of hydrogen-bond acceptors (Lipinski definition) is 5. The number of hydrogen-bond donors (Lipinski definition) is 2. The Kier molecular flexibility index (Phi) is 7.39. The van der Waals surface area contributed by atoms with Gasteiger partial charge in [-0.2, -0.15) is 0 Å². The van der Waals surface area contributed by atoms with Gasteiger partial charge >= 0.3 is 6.09 Å². The maximum Gasteiger partial charge on any atom is 0.406 e. The van der Waals surface area contributed by atoms with Crippen LogP contribution in [0.5, 0.6) is 0 Å². The minimum absolute atomic E-state index is 0.0650. The molecule has 0 bridgehead atoms. The summed E-state index contributed by atoms with van der Waals surface area (Å²) in [6.07, 6.45) is -0.612. The Bertz CT molecular complexity index is 1000. The molecule has 0 heterocycles. The Morgan fingerprint density at radius 2 is 1.79 bits per heavy atom. The molecule has 29 heavy (non-hydrogen) atoms. The summed E-state index contributed by atoms with van der Waals surface area (Å²) < 4.78 is 29.9. The number of carbonyl (C=O) groups is 2. The first-order chi connectivity index (χ1) is 13.6. The van der Waals surface area contributed by atoms with Crippen LogP contribution in [0.4, 0.5) is 10.5 Å². The fourth-order valence-electron chi connectivity index (χ4n) is 2.71. The zero-order chi connectivity index (χ0) is 21.6. The fraction of sp³-hybridized carbons (Fsp3) is 0.333. The molecule has 0 aliphatic carbocycles. The second kappa shape index (κ2) is 9.56. The molecule has 2 rings (SSSR count). The summed E-state index contributed by atoms with van der Waals surface area (Å²) in [6.45, 7) is 5.81. The highest BCUT2D eigenvalue weighted by Crippen LogP contribution is 2.19. The van der Waals surface area contributed by atoms with Crippen LogP contribution in [0, 0.1) is 19.8 Å². The predicted octanol–water partition coefficient (Wildman–Crippen LogP) is 3.32. The number of sulfone groups is 1. The molecular formula is C21H26N2O5S. The van der Waals surface area contributed by atoms with Crippen LogP contribution in [0.2, 0.25) is 0 Å². The Hall–Kier alpha value is -2.87. The van der Waals surface area contributed by atoms with Gasteiger partial charge in [-0.1, -0.05) is 19.1 Å². The van der Waals surface area contributed by atoms with Crippen molar-refractivity contribution in [2.45, 2.75) is 25.7 Å². The van der Waals surface area contributed by atoms with Crippen LogP contribution >= 0.6 is 0 Å². The van der Waals surface area contributed by atoms with Crippen molar-refractivity contribution in [2.75, 3.05) is 24.7 Å². The Labute approximate surface area is 171 Å². The van der Waals surface area contributed by atoms with E-state index in [1.54, 1.807) is 25.1 Å². The molecule has 7 nitrogen and oxygen atoms in total. The van der Waals surface area contributed by atoms with Crippen molar-refractivity contribution in [3.05, 3.63) is 59.2 Å². The molecule has 0 radical (unpaired) electrons. The highest BCUT2D eigenvalue weighted by molar-refractivity contribution is 7.91. The fourth-order valence-corrected chi connectivity index (χ4v) is 4.36. The molecule has 2 aromatic rings. The van der Waals surface area contributed by atoms with E-state index in [9.17, 15) is 18.0 Å². The van der Waals surface area contributed by atoms with Crippen molar-refractivity contribution < 1.29 is 22.7 Å². The molecule has 0 aromatic heterocycles. The minimum atomic E-state index is -3.63. The average molecular weight is 419 g/mol. The number of methoxy groups -OCH3 is 1. The van der Waals surface area contributed by atoms with Crippen molar-refractivity contribution in [3.63, 3.8) is 0 Å². The Morgan fingerprint density at radius 3 is 2.45 bits per heavy atom. The number of aryl methyl sites for hydroxylation is 2. The molecule has 156 valence electrons. The van der Waals surface area contributed by atoms with Crippen molar-refractivity contribution in [2.24, 2.45) is 5.92 Å². The van der Waals surface area contributed by atoms with Crippen LogP contribution in [-0.2, 0) is 14.6 Å².